The fourth-order valence-corrected chi connectivity index (χ4v) is 4.44. The van der Waals surface area contributed by atoms with E-state index < -0.39 is 0 Å². The molecule has 0 unspecified atom stereocenters. The lowest BCUT2D eigenvalue weighted by atomic mass is 9.94. The van der Waals surface area contributed by atoms with Crippen LogP contribution in [0.5, 0.6) is 0 Å². The molecule has 1 N–H and O–H groups in total. The van der Waals surface area contributed by atoms with E-state index >= 15 is 0 Å². The number of carbonyl (C=O) groups excluding carboxylic acids is 1. The summed E-state index contributed by atoms with van der Waals surface area (Å²) in [6, 6.07) is 26.0. The van der Waals surface area contributed by atoms with Crippen LogP contribution in [-0.4, -0.2) is 18.1 Å². The second kappa shape index (κ2) is 6.22. The van der Waals surface area contributed by atoms with Crippen molar-refractivity contribution in [2.45, 2.75) is 0 Å². The quantitative estimate of drug-likeness (QED) is 0.335. The Balaban J connectivity index is 1.77. The summed E-state index contributed by atoms with van der Waals surface area (Å²) in [6.07, 6.45) is 0. The Morgan fingerprint density at radius 2 is 1.53 bits per heavy atom. The fourth-order valence-electron chi connectivity index (χ4n) is 4.44. The van der Waals surface area contributed by atoms with Gasteiger partial charge in [-0.3, -0.25) is 0 Å². The molecule has 0 saturated heterocycles. The predicted octanol–water partition coefficient (Wildman–Crippen LogP) is 6.67. The summed E-state index contributed by atoms with van der Waals surface area (Å²) in [4.78, 5) is 16.4. The molecule has 0 radical (unpaired) electrons. The first-order valence-corrected chi connectivity index (χ1v) is 9.78. The Morgan fingerprint density at radius 1 is 0.767 bits per heavy atom. The maximum atomic E-state index is 13.0. The third kappa shape index (κ3) is 2.25. The van der Waals surface area contributed by atoms with Crippen LogP contribution in [0.25, 0.3) is 54.9 Å². The Bertz CT molecular complexity index is 1600. The first-order valence-electron chi connectivity index (χ1n) is 9.78. The van der Waals surface area contributed by atoms with Crippen LogP contribution in [0.2, 0.25) is 0 Å². The normalized spacial score (nSPS) is 11.6. The number of para-hydroxylation sites is 3. The maximum absolute atomic E-state index is 13.0. The van der Waals surface area contributed by atoms with Crippen LogP contribution in [-0.2, 0) is 4.74 Å². The predicted molar refractivity (Wildman–Crippen MR) is 120 cm³/mol. The monoisotopic (exact) mass is 391 g/mol. The number of esters is 1. The van der Waals surface area contributed by atoms with Gasteiger partial charge < -0.3 is 14.1 Å². The van der Waals surface area contributed by atoms with Gasteiger partial charge in [-0.25, -0.2) is 4.79 Å². The van der Waals surface area contributed by atoms with Gasteiger partial charge in [-0.1, -0.05) is 60.7 Å². The molecule has 2 heterocycles. The Morgan fingerprint density at radius 3 is 2.40 bits per heavy atom. The minimum absolute atomic E-state index is 0.367. The van der Waals surface area contributed by atoms with Crippen LogP contribution in [0.4, 0.5) is 0 Å². The zero-order valence-electron chi connectivity index (χ0n) is 16.2. The van der Waals surface area contributed by atoms with E-state index in [9.17, 15) is 4.79 Å². The van der Waals surface area contributed by atoms with E-state index in [-0.39, 0.29) is 5.97 Å². The molecule has 0 aliphatic heterocycles. The van der Waals surface area contributed by atoms with Gasteiger partial charge in [-0.2, -0.15) is 0 Å². The highest BCUT2D eigenvalue weighted by atomic mass is 16.5. The Labute approximate surface area is 171 Å². The van der Waals surface area contributed by atoms with Gasteiger partial charge in [0.05, 0.1) is 12.7 Å². The number of ether oxygens (including phenoxy) is 1. The van der Waals surface area contributed by atoms with E-state index in [0.717, 1.165) is 54.9 Å². The van der Waals surface area contributed by atoms with Crippen LogP contribution in [0.1, 0.15) is 10.4 Å². The highest BCUT2D eigenvalue weighted by Gasteiger charge is 2.23. The lowest BCUT2D eigenvalue weighted by Gasteiger charge is -2.11. The third-order valence-corrected chi connectivity index (χ3v) is 5.76. The summed E-state index contributed by atoms with van der Waals surface area (Å²) in [5.74, 6) is -0.367. The van der Waals surface area contributed by atoms with Crippen molar-refractivity contribution in [2.24, 2.45) is 0 Å². The summed E-state index contributed by atoms with van der Waals surface area (Å²) in [5.41, 5.74) is 5.69. The van der Waals surface area contributed by atoms with E-state index in [1.807, 2.05) is 72.8 Å². The molecule has 144 valence electrons. The molecule has 0 saturated carbocycles. The molecule has 0 aliphatic rings. The van der Waals surface area contributed by atoms with E-state index in [2.05, 4.69) is 11.1 Å². The summed E-state index contributed by atoms with van der Waals surface area (Å²) in [7, 11) is 1.42. The zero-order valence-corrected chi connectivity index (χ0v) is 16.2. The molecule has 6 rings (SSSR count). The molecular weight excluding hydrogens is 374 g/mol. The van der Waals surface area contributed by atoms with Gasteiger partial charge in [0.15, 0.2) is 0 Å². The van der Waals surface area contributed by atoms with Gasteiger partial charge >= 0.3 is 5.97 Å². The molecule has 0 amide bonds. The first-order chi connectivity index (χ1) is 14.8. The Hall–Kier alpha value is -4.05. The molecule has 6 aromatic rings. The fraction of sp³-hybridized carbons (Fsp3) is 0.0385. The molecule has 2 aromatic heterocycles. The molecule has 0 fully saturated rings. The van der Waals surface area contributed by atoms with Crippen molar-refractivity contribution in [3.63, 3.8) is 0 Å². The van der Waals surface area contributed by atoms with Crippen molar-refractivity contribution in [2.75, 3.05) is 7.11 Å². The van der Waals surface area contributed by atoms with Gasteiger partial charge in [-0.05, 0) is 18.2 Å². The number of aromatic amines is 1. The topological polar surface area (TPSA) is 55.2 Å². The number of hydrogen-bond acceptors (Lipinski definition) is 3. The number of H-pyrrole nitrogens is 1. The molecule has 0 bridgehead atoms. The van der Waals surface area contributed by atoms with Crippen molar-refractivity contribution >= 4 is 49.7 Å². The van der Waals surface area contributed by atoms with Gasteiger partial charge in [0.2, 0.25) is 0 Å². The van der Waals surface area contributed by atoms with Crippen LogP contribution < -0.4 is 0 Å². The molecule has 4 nitrogen and oxygen atoms in total. The summed E-state index contributed by atoms with van der Waals surface area (Å²) < 4.78 is 11.4. The molecule has 4 heteroatoms. The van der Waals surface area contributed by atoms with E-state index in [1.165, 1.54) is 7.11 Å². The van der Waals surface area contributed by atoms with Crippen LogP contribution in [0.3, 0.4) is 0 Å². The highest BCUT2D eigenvalue weighted by molar-refractivity contribution is 6.21. The largest absolute Gasteiger partial charge is 0.465 e. The van der Waals surface area contributed by atoms with Gasteiger partial charge in [0, 0.05) is 43.7 Å². The molecule has 0 aliphatic carbocycles. The molecular formula is C26H17NO3. The smallest absolute Gasteiger partial charge is 0.339 e. The highest BCUT2D eigenvalue weighted by Crippen LogP contribution is 2.40. The third-order valence-electron chi connectivity index (χ3n) is 5.76. The maximum Gasteiger partial charge on any atom is 0.339 e. The number of nitrogens with one attached hydrogen (secondary N) is 1. The standard InChI is InChI=1S/C26H17NO3/c1-29-26(28)24-16(13-14-21-23(24)19-8-2-4-11-20(19)27-21)18-10-6-9-17-15-7-3-5-12-22(15)30-25(17)18/h2-14,27H,1H3. The Kier molecular flexibility index (Phi) is 3.50. The lowest BCUT2D eigenvalue weighted by Crippen LogP contribution is -2.04. The van der Waals surface area contributed by atoms with Gasteiger partial charge in [0.25, 0.3) is 0 Å². The first kappa shape index (κ1) is 16.9. The van der Waals surface area contributed by atoms with Crippen LogP contribution in [0, 0.1) is 0 Å². The number of aromatic nitrogens is 1. The van der Waals surface area contributed by atoms with Crippen LogP contribution >= 0.6 is 0 Å². The lowest BCUT2D eigenvalue weighted by molar-refractivity contribution is 0.0604. The van der Waals surface area contributed by atoms with Gasteiger partial charge in [-0.15, -0.1) is 0 Å². The second-order valence-electron chi connectivity index (χ2n) is 7.35. The van der Waals surface area contributed by atoms with E-state index in [1.54, 1.807) is 0 Å². The number of furan rings is 1. The minimum Gasteiger partial charge on any atom is -0.465 e. The van der Waals surface area contributed by atoms with Crippen molar-refractivity contribution in [3.8, 4) is 11.1 Å². The second-order valence-corrected chi connectivity index (χ2v) is 7.35. The number of carbonyl (C=O) groups is 1. The zero-order chi connectivity index (χ0) is 20.2. The number of rotatable bonds is 2. The summed E-state index contributed by atoms with van der Waals surface area (Å²) in [6.45, 7) is 0. The minimum atomic E-state index is -0.367. The SMILES string of the molecule is COC(=O)c1c(-c2cccc3c2oc2ccccc23)ccc2[nH]c3ccccc3c12. The molecule has 0 spiro atoms. The molecule has 4 aromatic carbocycles. The average molecular weight is 391 g/mol. The van der Waals surface area contributed by atoms with Crippen molar-refractivity contribution in [1.29, 1.82) is 0 Å². The molecule has 0 atom stereocenters. The van der Waals surface area contributed by atoms with Crippen molar-refractivity contribution in [3.05, 3.63) is 84.4 Å². The summed E-state index contributed by atoms with van der Waals surface area (Å²) >= 11 is 0. The summed E-state index contributed by atoms with van der Waals surface area (Å²) in [5, 5.41) is 3.94. The van der Waals surface area contributed by atoms with E-state index in [0.29, 0.717) is 5.56 Å². The van der Waals surface area contributed by atoms with Crippen molar-refractivity contribution in [1.82, 2.24) is 4.98 Å². The molecule has 30 heavy (non-hydrogen) atoms. The van der Waals surface area contributed by atoms with E-state index in [4.69, 9.17) is 9.15 Å². The number of hydrogen-bond donors (Lipinski definition) is 1. The van der Waals surface area contributed by atoms with Crippen molar-refractivity contribution < 1.29 is 13.9 Å². The number of benzene rings is 4. The van der Waals surface area contributed by atoms with Crippen LogP contribution in [0.15, 0.2) is 83.3 Å². The van der Waals surface area contributed by atoms with Gasteiger partial charge in [0.1, 0.15) is 11.2 Å². The number of methoxy groups -OCH3 is 1. The average Bonchev–Trinajstić information content (AvgIpc) is 3.36. The number of fused-ring (bicyclic) bond motifs is 6.